The molecule has 2 rings (SSSR count). The molecule has 0 unspecified atom stereocenters. The fourth-order valence-corrected chi connectivity index (χ4v) is 2.27. The highest BCUT2D eigenvalue weighted by Gasteiger charge is 2.13. The first-order valence-electron chi connectivity index (χ1n) is 7.29. The summed E-state index contributed by atoms with van der Waals surface area (Å²) in [5, 5.41) is 0. The van der Waals surface area contributed by atoms with Crippen LogP contribution in [-0.2, 0) is 6.54 Å². The molecule has 2 aromatic rings. The van der Waals surface area contributed by atoms with Crippen LogP contribution in [0.15, 0.2) is 36.4 Å². The van der Waals surface area contributed by atoms with E-state index >= 15 is 0 Å². The zero-order valence-electron chi connectivity index (χ0n) is 12.8. The number of anilines is 2. The van der Waals surface area contributed by atoms with Crippen LogP contribution in [0.4, 0.5) is 15.9 Å². The number of hydrogen-bond donors (Lipinski definition) is 1. The lowest BCUT2D eigenvalue weighted by Crippen LogP contribution is -2.19. The third-order valence-electron chi connectivity index (χ3n) is 3.43. The maximum Gasteiger partial charge on any atom is 0.133 e. The normalized spacial score (nSPS) is 11.0. The lowest BCUT2D eigenvalue weighted by molar-refractivity contribution is 0.627. The van der Waals surface area contributed by atoms with Crippen LogP contribution in [-0.4, -0.2) is 11.5 Å². The van der Waals surface area contributed by atoms with Gasteiger partial charge in [0.25, 0.3) is 0 Å². The van der Waals surface area contributed by atoms with Crippen LogP contribution in [0, 0.1) is 5.82 Å². The molecule has 0 saturated carbocycles. The number of benzene rings is 1. The van der Waals surface area contributed by atoms with Crippen LogP contribution in [0.1, 0.15) is 37.9 Å². The highest BCUT2D eigenvalue weighted by atomic mass is 19.1. The second kappa shape index (κ2) is 6.68. The smallest absolute Gasteiger partial charge is 0.133 e. The van der Waals surface area contributed by atoms with E-state index in [1.54, 1.807) is 6.07 Å². The number of nitrogens with two attached hydrogens (primary N) is 1. The monoisotopic (exact) mass is 287 g/mol. The van der Waals surface area contributed by atoms with Gasteiger partial charge in [-0.2, -0.15) is 0 Å². The fraction of sp³-hybridized carbons (Fsp3) is 0.353. The number of halogens is 1. The standard InChI is InChI=1S/C17H22FN3/c1-4-21(15-7-5-6-14(18)10-15)17-9-13(11-19)8-16(20-17)12(2)3/h5-10,12H,4,11,19H2,1-3H3. The van der Waals surface area contributed by atoms with Crippen LogP contribution in [0.25, 0.3) is 0 Å². The molecule has 1 aromatic heterocycles. The zero-order chi connectivity index (χ0) is 15.4. The number of hydrogen-bond acceptors (Lipinski definition) is 3. The molecule has 1 heterocycles. The van der Waals surface area contributed by atoms with Crippen molar-refractivity contribution < 1.29 is 4.39 Å². The molecule has 0 spiro atoms. The Morgan fingerprint density at radius 1 is 1.24 bits per heavy atom. The maximum absolute atomic E-state index is 13.5. The fourth-order valence-electron chi connectivity index (χ4n) is 2.27. The first kappa shape index (κ1) is 15.4. The Morgan fingerprint density at radius 2 is 2.00 bits per heavy atom. The van der Waals surface area contributed by atoms with E-state index in [-0.39, 0.29) is 5.82 Å². The Kier molecular flexibility index (Phi) is 4.91. The number of pyridine rings is 1. The second-order valence-corrected chi connectivity index (χ2v) is 5.34. The van der Waals surface area contributed by atoms with Crippen molar-refractivity contribution in [3.05, 3.63) is 53.5 Å². The SMILES string of the molecule is CCN(c1cccc(F)c1)c1cc(CN)cc(C(C)C)n1. The van der Waals surface area contributed by atoms with Gasteiger partial charge in [0.15, 0.2) is 0 Å². The van der Waals surface area contributed by atoms with Gasteiger partial charge in [-0.05, 0) is 48.7 Å². The third kappa shape index (κ3) is 3.58. The average molecular weight is 287 g/mol. The minimum atomic E-state index is -0.245. The highest BCUT2D eigenvalue weighted by Crippen LogP contribution is 2.27. The van der Waals surface area contributed by atoms with E-state index in [1.807, 2.05) is 30.0 Å². The molecule has 0 atom stereocenters. The van der Waals surface area contributed by atoms with Crippen molar-refractivity contribution in [2.45, 2.75) is 33.2 Å². The van der Waals surface area contributed by atoms with Crippen LogP contribution in [0.2, 0.25) is 0 Å². The average Bonchev–Trinajstić information content (AvgIpc) is 2.47. The molecule has 0 bridgehead atoms. The van der Waals surface area contributed by atoms with Crippen molar-refractivity contribution in [1.29, 1.82) is 0 Å². The van der Waals surface area contributed by atoms with Crippen LogP contribution in [0.5, 0.6) is 0 Å². The number of nitrogens with zero attached hydrogens (tertiary/aromatic N) is 2. The number of rotatable bonds is 5. The van der Waals surface area contributed by atoms with E-state index in [4.69, 9.17) is 10.7 Å². The van der Waals surface area contributed by atoms with E-state index in [0.717, 1.165) is 22.8 Å². The van der Waals surface area contributed by atoms with Gasteiger partial charge in [-0.15, -0.1) is 0 Å². The summed E-state index contributed by atoms with van der Waals surface area (Å²) in [6, 6.07) is 10.6. The molecule has 1 aromatic carbocycles. The second-order valence-electron chi connectivity index (χ2n) is 5.34. The van der Waals surface area contributed by atoms with Gasteiger partial charge in [-0.3, -0.25) is 0 Å². The Labute approximate surface area is 125 Å². The zero-order valence-corrected chi connectivity index (χ0v) is 12.8. The van der Waals surface area contributed by atoms with Crippen molar-refractivity contribution in [2.75, 3.05) is 11.4 Å². The summed E-state index contributed by atoms with van der Waals surface area (Å²) < 4.78 is 13.5. The van der Waals surface area contributed by atoms with Crippen molar-refractivity contribution in [1.82, 2.24) is 4.98 Å². The molecule has 112 valence electrons. The van der Waals surface area contributed by atoms with Crippen molar-refractivity contribution in [3.8, 4) is 0 Å². The van der Waals surface area contributed by atoms with Gasteiger partial charge >= 0.3 is 0 Å². The third-order valence-corrected chi connectivity index (χ3v) is 3.43. The Hall–Kier alpha value is -1.94. The summed E-state index contributed by atoms with van der Waals surface area (Å²) in [5.41, 5.74) is 8.63. The molecule has 0 amide bonds. The molecule has 0 aliphatic heterocycles. The van der Waals surface area contributed by atoms with E-state index in [1.165, 1.54) is 12.1 Å². The Balaban J connectivity index is 2.48. The predicted molar refractivity (Wildman–Crippen MR) is 85.3 cm³/mol. The van der Waals surface area contributed by atoms with Gasteiger partial charge in [0.05, 0.1) is 0 Å². The van der Waals surface area contributed by atoms with Gasteiger partial charge in [-0.1, -0.05) is 19.9 Å². The molecule has 3 nitrogen and oxygen atoms in total. The van der Waals surface area contributed by atoms with Gasteiger partial charge in [-0.25, -0.2) is 9.37 Å². The summed E-state index contributed by atoms with van der Waals surface area (Å²) in [4.78, 5) is 6.70. The molecule has 0 fully saturated rings. The maximum atomic E-state index is 13.5. The minimum Gasteiger partial charge on any atom is -0.327 e. The molecule has 21 heavy (non-hydrogen) atoms. The summed E-state index contributed by atoms with van der Waals surface area (Å²) >= 11 is 0. The van der Waals surface area contributed by atoms with Crippen LogP contribution >= 0.6 is 0 Å². The summed E-state index contributed by atoms with van der Waals surface area (Å²) in [6.45, 7) is 7.41. The van der Waals surface area contributed by atoms with Crippen LogP contribution < -0.4 is 10.6 Å². The van der Waals surface area contributed by atoms with E-state index in [9.17, 15) is 4.39 Å². The molecule has 0 radical (unpaired) electrons. The largest absolute Gasteiger partial charge is 0.327 e. The molecule has 0 aliphatic rings. The Morgan fingerprint density at radius 3 is 2.57 bits per heavy atom. The summed E-state index contributed by atoms with van der Waals surface area (Å²) in [6.07, 6.45) is 0. The minimum absolute atomic E-state index is 0.245. The first-order chi connectivity index (χ1) is 10.0. The van der Waals surface area contributed by atoms with Gasteiger partial charge in [0.2, 0.25) is 0 Å². The molecule has 4 heteroatoms. The van der Waals surface area contributed by atoms with Crippen molar-refractivity contribution >= 4 is 11.5 Å². The topological polar surface area (TPSA) is 42.1 Å². The summed E-state index contributed by atoms with van der Waals surface area (Å²) in [7, 11) is 0. The van der Waals surface area contributed by atoms with E-state index < -0.39 is 0 Å². The lowest BCUT2D eigenvalue weighted by atomic mass is 10.1. The van der Waals surface area contributed by atoms with Gasteiger partial charge in [0, 0.05) is 24.5 Å². The first-order valence-corrected chi connectivity index (χ1v) is 7.29. The lowest BCUT2D eigenvalue weighted by Gasteiger charge is -2.24. The van der Waals surface area contributed by atoms with Crippen molar-refractivity contribution in [2.24, 2.45) is 5.73 Å². The van der Waals surface area contributed by atoms with Gasteiger partial charge in [0.1, 0.15) is 11.6 Å². The van der Waals surface area contributed by atoms with Crippen molar-refractivity contribution in [3.63, 3.8) is 0 Å². The molecule has 0 aliphatic carbocycles. The molecular formula is C17H22FN3. The predicted octanol–water partition coefficient (Wildman–Crippen LogP) is 3.96. The molecular weight excluding hydrogens is 265 g/mol. The Bertz CT molecular complexity index is 611. The van der Waals surface area contributed by atoms with Gasteiger partial charge < -0.3 is 10.6 Å². The highest BCUT2D eigenvalue weighted by molar-refractivity contribution is 5.60. The molecule has 0 saturated heterocycles. The molecule has 2 N–H and O–H groups in total. The van der Waals surface area contributed by atoms with E-state index in [0.29, 0.717) is 19.0 Å². The van der Waals surface area contributed by atoms with Crippen LogP contribution in [0.3, 0.4) is 0 Å². The van der Waals surface area contributed by atoms with E-state index in [2.05, 4.69) is 13.8 Å². The summed E-state index contributed by atoms with van der Waals surface area (Å²) in [5.74, 6) is 0.890. The quantitative estimate of drug-likeness (QED) is 0.905. The number of aromatic nitrogens is 1.